The van der Waals surface area contributed by atoms with Crippen molar-refractivity contribution in [3.63, 3.8) is 0 Å². The minimum atomic E-state index is -3.50. The highest BCUT2D eigenvalue weighted by molar-refractivity contribution is 7.91. The second-order valence-corrected chi connectivity index (χ2v) is 7.95. The van der Waals surface area contributed by atoms with E-state index < -0.39 is 33.9 Å². The maximum absolute atomic E-state index is 12.3. The zero-order valence-corrected chi connectivity index (χ0v) is 14.7. The molecule has 2 N–H and O–H groups in total. The molecule has 1 aromatic carbocycles. The molecule has 0 saturated heterocycles. The van der Waals surface area contributed by atoms with Crippen molar-refractivity contribution in [2.45, 2.75) is 25.5 Å². The summed E-state index contributed by atoms with van der Waals surface area (Å²) in [7, 11) is -3.50. The number of halogens is 2. The number of benzene rings is 1. The van der Waals surface area contributed by atoms with E-state index in [-0.39, 0.29) is 21.5 Å². The van der Waals surface area contributed by atoms with Gasteiger partial charge in [0.1, 0.15) is 0 Å². The Hall–Kier alpha value is -2.27. The van der Waals surface area contributed by atoms with Crippen molar-refractivity contribution in [2.75, 3.05) is 11.1 Å². The van der Waals surface area contributed by atoms with Crippen LogP contribution in [-0.4, -0.2) is 36.8 Å². The first-order valence-electron chi connectivity index (χ1n) is 6.92. The number of phenolic OH excluding ortho intramolecular Hbond substituents is 1. The summed E-state index contributed by atoms with van der Waals surface area (Å²) >= 11 is 0.916. The number of hydrogen-bond acceptors (Lipinski definition) is 7. The van der Waals surface area contributed by atoms with Crippen molar-refractivity contribution in [3.8, 4) is 11.5 Å². The lowest BCUT2D eigenvalue weighted by atomic mass is 10.1. The predicted molar refractivity (Wildman–Crippen MR) is 87.3 cm³/mol. The molecule has 2 aromatic rings. The lowest BCUT2D eigenvalue weighted by Gasteiger charge is -2.11. The Bertz CT molecular complexity index is 897. The number of aryl methyl sites for hydroxylation is 1. The molecular formula is C14H14F2N2O5S2. The lowest BCUT2D eigenvalue weighted by molar-refractivity contribution is -0.0513. The Kier molecular flexibility index (Phi) is 5.58. The van der Waals surface area contributed by atoms with Crippen LogP contribution in [0.1, 0.15) is 22.8 Å². The van der Waals surface area contributed by atoms with Crippen LogP contribution in [0.2, 0.25) is 0 Å². The van der Waals surface area contributed by atoms with E-state index in [4.69, 9.17) is 0 Å². The largest absolute Gasteiger partial charge is 0.504 e. The van der Waals surface area contributed by atoms with Crippen LogP contribution in [0.15, 0.2) is 22.5 Å². The van der Waals surface area contributed by atoms with Crippen LogP contribution < -0.4 is 10.1 Å². The van der Waals surface area contributed by atoms with Crippen molar-refractivity contribution in [3.05, 3.63) is 28.6 Å². The normalized spacial score (nSPS) is 11.6. The van der Waals surface area contributed by atoms with E-state index in [9.17, 15) is 27.1 Å². The fourth-order valence-corrected chi connectivity index (χ4v) is 3.76. The minimum Gasteiger partial charge on any atom is -0.504 e. The molecule has 25 heavy (non-hydrogen) atoms. The second kappa shape index (κ2) is 7.31. The van der Waals surface area contributed by atoms with Gasteiger partial charge in [-0.2, -0.15) is 8.78 Å². The van der Waals surface area contributed by atoms with Gasteiger partial charge in [-0.15, -0.1) is 11.3 Å². The number of anilines is 1. The summed E-state index contributed by atoms with van der Waals surface area (Å²) in [5, 5.41) is 13.2. The number of amides is 1. The van der Waals surface area contributed by atoms with E-state index in [0.29, 0.717) is 5.56 Å². The van der Waals surface area contributed by atoms with Crippen LogP contribution in [-0.2, 0) is 9.84 Å². The molecule has 0 radical (unpaired) electrons. The van der Waals surface area contributed by atoms with Crippen LogP contribution in [0.5, 0.6) is 11.5 Å². The average molecular weight is 392 g/mol. The van der Waals surface area contributed by atoms with Crippen LogP contribution in [0.25, 0.3) is 0 Å². The highest BCUT2D eigenvalue weighted by Gasteiger charge is 2.20. The Labute approximate surface area is 146 Å². The van der Waals surface area contributed by atoms with E-state index in [1.54, 1.807) is 0 Å². The molecule has 11 heteroatoms. The van der Waals surface area contributed by atoms with Gasteiger partial charge in [-0.3, -0.25) is 10.1 Å². The van der Waals surface area contributed by atoms with E-state index in [1.165, 1.54) is 19.2 Å². The molecule has 2 rings (SSSR count). The number of carbonyl (C=O) groups is 1. The SMILES string of the molecule is CCS(=O)(=O)c1csc(NC(=O)c2cc(OC(F)F)c(O)cc2C)n1. The molecule has 1 heterocycles. The maximum Gasteiger partial charge on any atom is 0.387 e. The van der Waals surface area contributed by atoms with Gasteiger partial charge in [0.05, 0.1) is 5.75 Å². The minimum absolute atomic E-state index is 0.0245. The number of hydrogen-bond donors (Lipinski definition) is 2. The van der Waals surface area contributed by atoms with Crippen molar-refractivity contribution in [2.24, 2.45) is 0 Å². The lowest BCUT2D eigenvalue weighted by Crippen LogP contribution is -2.14. The van der Waals surface area contributed by atoms with Gasteiger partial charge in [-0.25, -0.2) is 13.4 Å². The number of sulfone groups is 1. The van der Waals surface area contributed by atoms with Crippen molar-refractivity contribution < 1.29 is 31.8 Å². The number of aromatic hydroxyl groups is 1. The number of alkyl halides is 2. The zero-order chi connectivity index (χ0) is 18.8. The van der Waals surface area contributed by atoms with Gasteiger partial charge in [-0.05, 0) is 24.6 Å². The third kappa shape index (κ3) is 4.42. The number of aromatic nitrogens is 1. The molecular weight excluding hydrogens is 378 g/mol. The van der Waals surface area contributed by atoms with E-state index >= 15 is 0 Å². The number of phenols is 1. The molecule has 0 fully saturated rings. The van der Waals surface area contributed by atoms with E-state index in [1.807, 2.05) is 0 Å². The van der Waals surface area contributed by atoms with Crippen LogP contribution in [0.3, 0.4) is 0 Å². The molecule has 136 valence electrons. The smallest absolute Gasteiger partial charge is 0.387 e. The molecule has 0 spiro atoms. The summed E-state index contributed by atoms with van der Waals surface area (Å²) in [5.41, 5.74) is 0.290. The number of nitrogens with one attached hydrogen (secondary N) is 1. The Morgan fingerprint density at radius 1 is 1.44 bits per heavy atom. The van der Waals surface area contributed by atoms with Crippen LogP contribution >= 0.6 is 11.3 Å². The molecule has 0 unspecified atom stereocenters. The molecule has 0 aliphatic rings. The number of carbonyl (C=O) groups excluding carboxylic acids is 1. The molecule has 7 nitrogen and oxygen atoms in total. The molecule has 0 aliphatic heterocycles. The second-order valence-electron chi connectivity index (χ2n) is 4.86. The predicted octanol–water partition coefficient (Wildman–Crippen LogP) is 2.80. The Balaban J connectivity index is 2.27. The van der Waals surface area contributed by atoms with Gasteiger partial charge in [0.15, 0.2) is 31.5 Å². The first kappa shape index (κ1) is 19.1. The van der Waals surface area contributed by atoms with Crippen molar-refractivity contribution in [1.29, 1.82) is 0 Å². The summed E-state index contributed by atoms with van der Waals surface area (Å²) < 4.78 is 52.3. The molecule has 0 saturated carbocycles. The topological polar surface area (TPSA) is 106 Å². The van der Waals surface area contributed by atoms with Gasteiger partial charge >= 0.3 is 6.61 Å². The number of rotatable bonds is 6. The summed E-state index contributed by atoms with van der Waals surface area (Å²) in [4.78, 5) is 16.1. The third-order valence-corrected chi connectivity index (χ3v) is 5.68. The first-order valence-corrected chi connectivity index (χ1v) is 9.45. The summed E-state index contributed by atoms with van der Waals surface area (Å²) in [6.45, 7) is -0.197. The summed E-state index contributed by atoms with van der Waals surface area (Å²) in [5.74, 6) is -1.90. The molecule has 0 atom stereocenters. The average Bonchev–Trinajstić information content (AvgIpc) is 2.98. The van der Waals surface area contributed by atoms with E-state index in [2.05, 4.69) is 15.0 Å². The fourth-order valence-electron chi connectivity index (χ4n) is 1.88. The van der Waals surface area contributed by atoms with Gasteiger partial charge in [0.2, 0.25) is 0 Å². The maximum atomic E-state index is 12.3. The third-order valence-electron chi connectivity index (χ3n) is 3.17. The fraction of sp³-hybridized carbons (Fsp3) is 0.286. The molecule has 0 aliphatic carbocycles. The van der Waals surface area contributed by atoms with Crippen LogP contribution in [0.4, 0.5) is 13.9 Å². The molecule has 0 bridgehead atoms. The number of nitrogens with zero attached hydrogens (tertiary/aromatic N) is 1. The van der Waals surface area contributed by atoms with Gasteiger partial charge in [-0.1, -0.05) is 6.92 Å². The zero-order valence-electron chi connectivity index (χ0n) is 13.1. The first-order chi connectivity index (χ1) is 11.6. The highest BCUT2D eigenvalue weighted by atomic mass is 32.2. The molecule has 1 amide bonds. The van der Waals surface area contributed by atoms with Gasteiger partial charge in [0, 0.05) is 10.9 Å². The van der Waals surface area contributed by atoms with Crippen molar-refractivity contribution >= 4 is 32.2 Å². The Morgan fingerprint density at radius 2 is 2.12 bits per heavy atom. The van der Waals surface area contributed by atoms with Crippen molar-refractivity contribution in [1.82, 2.24) is 4.98 Å². The summed E-state index contributed by atoms with van der Waals surface area (Å²) in [6, 6.07) is 2.09. The summed E-state index contributed by atoms with van der Waals surface area (Å²) in [6.07, 6.45) is 0. The van der Waals surface area contributed by atoms with Crippen LogP contribution in [0, 0.1) is 6.92 Å². The van der Waals surface area contributed by atoms with Gasteiger partial charge in [0.25, 0.3) is 5.91 Å². The molecule has 1 aromatic heterocycles. The quantitative estimate of drug-likeness (QED) is 0.783. The highest BCUT2D eigenvalue weighted by Crippen LogP contribution is 2.31. The standard InChI is InChI=1S/C14H14F2N2O5S2/c1-3-25(21,22)11-6-24-14(17-11)18-12(20)8-5-10(23-13(15)16)9(19)4-7(8)2/h4-6,13,19H,3H2,1-2H3,(H,17,18,20). The number of ether oxygens (including phenoxy) is 1. The Morgan fingerprint density at radius 3 is 2.72 bits per heavy atom. The number of thiazole rings is 1. The van der Waals surface area contributed by atoms with Gasteiger partial charge < -0.3 is 9.84 Å². The monoisotopic (exact) mass is 392 g/mol. The van der Waals surface area contributed by atoms with E-state index in [0.717, 1.165) is 23.5 Å².